The van der Waals surface area contributed by atoms with Crippen molar-refractivity contribution in [1.82, 2.24) is 0 Å². The fourth-order valence-corrected chi connectivity index (χ4v) is 3.31. The quantitative estimate of drug-likeness (QED) is 0.643. The van der Waals surface area contributed by atoms with Crippen LogP contribution in [-0.4, -0.2) is 34.9 Å². The normalized spacial score (nSPS) is 14.1. The molecule has 0 heterocycles. The van der Waals surface area contributed by atoms with Crippen molar-refractivity contribution in [1.29, 1.82) is 0 Å². The second-order valence-electron chi connectivity index (χ2n) is 4.44. The standard InChI is InChI=1S/C10H17N3O4S2/c1-7(6-18(2,14)15)13-8-3-4-10(9(11)5-8)19(12,16)17/h3-5,7,13H,6,11H2,1-2H3,(H2,12,16,17). The topological polar surface area (TPSA) is 132 Å². The molecule has 1 aromatic carbocycles. The van der Waals surface area contributed by atoms with Gasteiger partial charge >= 0.3 is 0 Å². The number of nitrogens with one attached hydrogen (secondary N) is 1. The van der Waals surface area contributed by atoms with E-state index in [1.165, 1.54) is 18.2 Å². The highest BCUT2D eigenvalue weighted by Crippen LogP contribution is 2.21. The number of nitrogens with two attached hydrogens (primary N) is 2. The minimum absolute atomic E-state index is 0.0130. The summed E-state index contributed by atoms with van der Waals surface area (Å²) in [4.78, 5) is -0.159. The van der Waals surface area contributed by atoms with Crippen LogP contribution in [0.15, 0.2) is 23.1 Å². The first-order valence-corrected chi connectivity index (χ1v) is 8.96. The lowest BCUT2D eigenvalue weighted by molar-refractivity contribution is 0.596. The summed E-state index contributed by atoms with van der Waals surface area (Å²) >= 11 is 0. The molecule has 0 aliphatic heterocycles. The van der Waals surface area contributed by atoms with E-state index in [0.717, 1.165) is 6.26 Å². The molecule has 9 heteroatoms. The Balaban J connectivity index is 2.91. The van der Waals surface area contributed by atoms with E-state index in [4.69, 9.17) is 10.9 Å². The SMILES string of the molecule is CC(CS(C)(=O)=O)Nc1ccc(S(N)(=O)=O)c(N)c1. The van der Waals surface area contributed by atoms with Crippen LogP contribution in [0.2, 0.25) is 0 Å². The average molecular weight is 307 g/mol. The van der Waals surface area contributed by atoms with Gasteiger partial charge in [0.25, 0.3) is 0 Å². The van der Waals surface area contributed by atoms with Crippen molar-refractivity contribution in [2.24, 2.45) is 5.14 Å². The van der Waals surface area contributed by atoms with Gasteiger partial charge in [-0.25, -0.2) is 22.0 Å². The molecule has 0 bridgehead atoms. The summed E-state index contributed by atoms with van der Waals surface area (Å²) in [5, 5.41) is 7.91. The van der Waals surface area contributed by atoms with Gasteiger partial charge in [0, 0.05) is 18.0 Å². The van der Waals surface area contributed by atoms with Gasteiger partial charge in [-0.2, -0.15) is 0 Å². The molecule has 1 atom stereocenters. The van der Waals surface area contributed by atoms with Gasteiger partial charge < -0.3 is 11.1 Å². The highest BCUT2D eigenvalue weighted by Gasteiger charge is 2.14. The van der Waals surface area contributed by atoms with Crippen LogP contribution in [-0.2, 0) is 19.9 Å². The van der Waals surface area contributed by atoms with E-state index >= 15 is 0 Å². The first-order chi connectivity index (χ1) is 8.49. The fraction of sp³-hybridized carbons (Fsp3) is 0.400. The Hall–Kier alpha value is -1.32. The van der Waals surface area contributed by atoms with Crippen molar-refractivity contribution in [3.63, 3.8) is 0 Å². The predicted molar refractivity (Wildman–Crippen MR) is 75.0 cm³/mol. The molecule has 0 radical (unpaired) electrons. The zero-order chi connectivity index (χ0) is 14.8. The zero-order valence-electron chi connectivity index (χ0n) is 10.6. The number of nitrogen functional groups attached to an aromatic ring is 1. The van der Waals surface area contributed by atoms with Gasteiger partial charge in [0.15, 0.2) is 0 Å². The van der Waals surface area contributed by atoms with E-state index < -0.39 is 19.9 Å². The van der Waals surface area contributed by atoms with Crippen molar-refractivity contribution in [3.05, 3.63) is 18.2 Å². The molecule has 0 fully saturated rings. The van der Waals surface area contributed by atoms with Gasteiger partial charge in [0.05, 0.1) is 11.4 Å². The Labute approximate surface area is 113 Å². The van der Waals surface area contributed by atoms with E-state index in [1.54, 1.807) is 6.92 Å². The molecule has 5 N–H and O–H groups in total. The van der Waals surface area contributed by atoms with E-state index in [-0.39, 0.29) is 22.4 Å². The molecule has 0 saturated heterocycles. The van der Waals surface area contributed by atoms with Crippen molar-refractivity contribution >= 4 is 31.2 Å². The number of benzene rings is 1. The molecule has 0 aliphatic rings. The summed E-state index contributed by atoms with van der Waals surface area (Å²) in [5.41, 5.74) is 6.13. The van der Waals surface area contributed by atoms with Crippen LogP contribution in [0, 0.1) is 0 Å². The lowest BCUT2D eigenvalue weighted by Crippen LogP contribution is -2.25. The van der Waals surface area contributed by atoms with Gasteiger partial charge in [-0.1, -0.05) is 0 Å². The summed E-state index contributed by atoms with van der Waals surface area (Å²) in [5.74, 6) is -0.0379. The molecule has 7 nitrogen and oxygen atoms in total. The summed E-state index contributed by atoms with van der Waals surface area (Å²) < 4.78 is 44.6. The third-order valence-electron chi connectivity index (χ3n) is 2.28. The molecular weight excluding hydrogens is 290 g/mol. The van der Waals surface area contributed by atoms with Crippen molar-refractivity contribution in [3.8, 4) is 0 Å². The number of rotatable bonds is 5. The number of anilines is 2. The second kappa shape index (κ2) is 5.35. The Morgan fingerprint density at radius 1 is 1.26 bits per heavy atom. The van der Waals surface area contributed by atoms with Crippen molar-refractivity contribution in [2.75, 3.05) is 23.1 Å². The number of sulfone groups is 1. The van der Waals surface area contributed by atoms with Gasteiger partial charge in [0.1, 0.15) is 14.7 Å². The monoisotopic (exact) mass is 307 g/mol. The van der Waals surface area contributed by atoms with Crippen molar-refractivity contribution < 1.29 is 16.8 Å². The van der Waals surface area contributed by atoms with Crippen LogP contribution in [0.1, 0.15) is 6.92 Å². The lowest BCUT2D eigenvalue weighted by atomic mass is 10.2. The van der Waals surface area contributed by atoms with Crippen LogP contribution in [0.5, 0.6) is 0 Å². The Morgan fingerprint density at radius 2 is 1.84 bits per heavy atom. The maximum Gasteiger partial charge on any atom is 0.240 e. The molecule has 1 unspecified atom stereocenters. The highest BCUT2D eigenvalue weighted by molar-refractivity contribution is 7.90. The molecule has 0 spiro atoms. The number of hydrogen-bond acceptors (Lipinski definition) is 6. The van der Waals surface area contributed by atoms with Crippen LogP contribution in [0.3, 0.4) is 0 Å². The predicted octanol–water partition coefficient (Wildman–Crippen LogP) is -0.239. The molecule has 19 heavy (non-hydrogen) atoms. The minimum atomic E-state index is -3.86. The van der Waals surface area contributed by atoms with Gasteiger partial charge in [0.2, 0.25) is 10.0 Å². The second-order valence-corrected chi connectivity index (χ2v) is 8.15. The average Bonchev–Trinajstić information content (AvgIpc) is 2.11. The number of primary sulfonamides is 1. The smallest absolute Gasteiger partial charge is 0.240 e. The molecular formula is C10H17N3O4S2. The molecule has 0 aliphatic carbocycles. The maximum absolute atomic E-state index is 11.2. The van der Waals surface area contributed by atoms with Gasteiger partial charge in [-0.15, -0.1) is 0 Å². The largest absolute Gasteiger partial charge is 0.398 e. The Kier molecular flexibility index (Phi) is 4.43. The summed E-state index contributed by atoms with van der Waals surface area (Å²) in [6.45, 7) is 1.70. The molecule has 1 aromatic rings. The van der Waals surface area contributed by atoms with E-state index in [9.17, 15) is 16.8 Å². The highest BCUT2D eigenvalue weighted by atomic mass is 32.2. The minimum Gasteiger partial charge on any atom is -0.398 e. The van der Waals surface area contributed by atoms with Crippen LogP contribution >= 0.6 is 0 Å². The van der Waals surface area contributed by atoms with Crippen molar-refractivity contribution in [2.45, 2.75) is 17.9 Å². The van der Waals surface area contributed by atoms with E-state index in [1.807, 2.05) is 0 Å². The lowest BCUT2D eigenvalue weighted by Gasteiger charge is -2.15. The fourth-order valence-electron chi connectivity index (χ4n) is 1.68. The van der Waals surface area contributed by atoms with Crippen LogP contribution in [0.4, 0.5) is 11.4 Å². The molecule has 0 saturated carbocycles. The third-order valence-corrected chi connectivity index (χ3v) is 4.37. The van der Waals surface area contributed by atoms with Gasteiger partial charge in [-0.3, -0.25) is 0 Å². The van der Waals surface area contributed by atoms with Crippen LogP contribution < -0.4 is 16.2 Å². The molecule has 108 valence electrons. The van der Waals surface area contributed by atoms with Gasteiger partial charge in [-0.05, 0) is 25.1 Å². The summed E-state index contributed by atoms with van der Waals surface area (Å²) in [7, 11) is -6.95. The van der Waals surface area contributed by atoms with E-state index in [2.05, 4.69) is 5.32 Å². The molecule has 0 amide bonds. The summed E-state index contributed by atoms with van der Waals surface area (Å²) in [6, 6.07) is 3.84. The maximum atomic E-state index is 11.2. The third kappa shape index (κ3) is 5.05. The number of sulfonamides is 1. The zero-order valence-corrected chi connectivity index (χ0v) is 12.3. The first kappa shape index (κ1) is 15.7. The molecule has 0 aromatic heterocycles. The van der Waals surface area contributed by atoms with E-state index in [0.29, 0.717) is 5.69 Å². The first-order valence-electron chi connectivity index (χ1n) is 5.35. The Morgan fingerprint density at radius 3 is 2.26 bits per heavy atom. The molecule has 1 rings (SSSR count). The summed E-state index contributed by atoms with van der Waals surface area (Å²) in [6.07, 6.45) is 1.14. The number of hydrogen-bond donors (Lipinski definition) is 3. The van der Waals surface area contributed by atoms with Crippen LogP contribution in [0.25, 0.3) is 0 Å². The Bertz CT molecular complexity index is 668.